The molecule has 0 aromatic carbocycles. The van der Waals surface area contributed by atoms with E-state index in [0.29, 0.717) is 5.41 Å². The lowest BCUT2D eigenvalue weighted by atomic mass is 9.59. The molecule has 23 heavy (non-hydrogen) atoms. The van der Waals surface area contributed by atoms with E-state index in [9.17, 15) is 0 Å². The molecule has 0 spiro atoms. The van der Waals surface area contributed by atoms with Crippen molar-refractivity contribution < 1.29 is 0 Å². The predicted octanol–water partition coefficient (Wildman–Crippen LogP) is 6.64. The standard InChI is InChI=1S/C21H36S2/c1-21(2,17-7-3-15(4-8-17)11-19-13-22-19)18-9-5-16(6-10-18)12-20-14-23-20/h15-20H,3-14H2,1-2H3. The third kappa shape index (κ3) is 4.46. The van der Waals surface area contributed by atoms with E-state index in [4.69, 9.17) is 0 Å². The smallest absolute Gasteiger partial charge is 0.0141 e. The van der Waals surface area contributed by atoms with Gasteiger partial charge in [0.25, 0.3) is 0 Å². The molecule has 0 aromatic rings. The van der Waals surface area contributed by atoms with Gasteiger partial charge in [0, 0.05) is 22.0 Å². The summed E-state index contributed by atoms with van der Waals surface area (Å²) in [7, 11) is 0. The first-order valence-electron chi connectivity index (χ1n) is 10.3. The summed E-state index contributed by atoms with van der Waals surface area (Å²) in [5, 5.41) is 2.12. The van der Waals surface area contributed by atoms with Gasteiger partial charge in [0.1, 0.15) is 0 Å². The molecule has 2 heteroatoms. The second-order valence-corrected chi connectivity index (χ2v) is 12.3. The van der Waals surface area contributed by atoms with Crippen molar-refractivity contribution in [2.75, 3.05) is 11.5 Å². The Morgan fingerprint density at radius 1 is 0.652 bits per heavy atom. The van der Waals surface area contributed by atoms with Gasteiger partial charge in [-0.1, -0.05) is 39.5 Å². The summed E-state index contributed by atoms with van der Waals surface area (Å²) in [6.07, 6.45) is 15.4. The third-order valence-corrected chi connectivity index (χ3v) is 9.79. The first kappa shape index (κ1) is 17.1. The van der Waals surface area contributed by atoms with Crippen molar-refractivity contribution in [3.05, 3.63) is 0 Å². The number of hydrogen-bond acceptors (Lipinski definition) is 2. The first-order chi connectivity index (χ1) is 11.1. The molecule has 4 aliphatic rings. The molecule has 0 amide bonds. The lowest BCUT2D eigenvalue weighted by molar-refractivity contribution is 0.0376. The van der Waals surface area contributed by atoms with E-state index >= 15 is 0 Å². The van der Waals surface area contributed by atoms with Crippen LogP contribution in [-0.4, -0.2) is 22.0 Å². The van der Waals surface area contributed by atoms with Crippen LogP contribution in [0.15, 0.2) is 0 Å². The maximum absolute atomic E-state index is 2.64. The van der Waals surface area contributed by atoms with Gasteiger partial charge in [-0.3, -0.25) is 0 Å². The molecule has 0 aromatic heterocycles. The van der Waals surface area contributed by atoms with Crippen LogP contribution in [0.3, 0.4) is 0 Å². The molecule has 2 unspecified atom stereocenters. The largest absolute Gasteiger partial charge is 0.157 e. The zero-order valence-electron chi connectivity index (χ0n) is 15.3. The van der Waals surface area contributed by atoms with E-state index < -0.39 is 0 Å². The number of thioether (sulfide) groups is 2. The lowest BCUT2D eigenvalue weighted by Gasteiger charge is -2.47. The van der Waals surface area contributed by atoms with Gasteiger partial charge in [-0.2, -0.15) is 23.5 Å². The molecule has 132 valence electrons. The second-order valence-electron chi connectivity index (χ2n) is 9.64. The van der Waals surface area contributed by atoms with E-state index in [1.165, 1.54) is 37.2 Å². The maximum Gasteiger partial charge on any atom is 0.0141 e. The topological polar surface area (TPSA) is 0 Å². The monoisotopic (exact) mass is 352 g/mol. The van der Waals surface area contributed by atoms with Crippen LogP contribution in [0.1, 0.15) is 78.1 Å². The maximum atomic E-state index is 2.64. The minimum Gasteiger partial charge on any atom is -0.157 e. The van der Waals surface area contributed by atoms with Gasteiger partial charge in [-0.05, 0) is 67.6 Å². The quantitative estimate of drug-likeness (QED) is 0.492. The predicted molar refractivity (Wildman–Crippen MR) is 106 cm³/mol. The fourth-order valence-corrected chi connectivity index (χ4v) is 7.13. The van der Waals surface area contributed by atoms with Gasteiger partial charge < -0.3 is 0 Å². The molecular formula is C21H36S2. The normalized spacial score (nSPS) is 44.1. The SMILES string of the molecule is CC(C)(C1CCC(CC2CS2)CC1)C1CCC(CC2CS2)CC1. The van der Waals surface area contributed by atoms with Crippen molar-refractivity contribution in [3.8, 4) is 0 Å². The summed E-state index contributed by atoms with van der Waals surface area (Å²) < 4.78 is 0. The molecule has 0 N–H and O–H groups in total. The Hall–Kier alpha value is 0.700. The molecule has 2 saturated heterocycles. The summed E-state index contributed by atoms with van der Waals surface area (Å²) in [5.74, 6) is 7.13. The van der Waals surface area contributed by atoms with E-state index in [0.717, 1.165) is 34.2 Å². The van der Waals surface area contributed by atoms with E-state index in [-0.39, 0.29) is 0 Å². The minimum atomic E-state index is 0.610. The summed E-state index contributed by atoms with van der Waals surface area (Å²) in [4.78, 5) is 0. The fraction of sp³-hybridized carbons (Fsp3) is 1.00. The third-order valence-electron chi connectivity index (χ3n) is 7.80. The van der Waals surface area contributed by atoms with Crippen LogP contribution in [-0.2, 0) is 0 Å². The Kier molecular flexibility index (Phi) is 5.32. The lowest BCUT2D eigenvalue weighted by Crippen LogP contribution is -2.37. The Morgan fingerprint density at radius 2 is 1.00 bits per heavy atom. The first-order valence-corrected chi connectivity index (χ1v) is 12.4. The average molecular weight is 353 g/mol. The zero-order valence-corrected chi connectivity index (χ0v) is 16.9. The highest BCUT2D eigenvalue weighted by molar-refractivity contribution is 8.07. The molecule has 0 nitrogen and oxygen atoms in total. The molecular weight excluding hydrogens is 316 g/mol. The van der Waals surface area contributed by atoms with Crippen LogP contribution in [0.2, 0.25) is 0 Å². The van der Waals surface area contributed by atoms with Crippen molar-refractivity contribution in [3.63, 3.8) is 0 Å². The van der Waals surface area contributed by atoms with Crippen molar-refractivity contribution in [2.45, 2.75) is 88.6 Å². The van der Waals surface area contributed by atoms with Crippen molar-refractivity contribution >= 4 is 23.5 Å². The van der Waals surface area contributed by atoms with E-state index in [1.54, 1.807) is 38.5 Å². The Labute approximate surface area is 152 Å². The van der Waals surface area contributed by atoms with E-state index in [2.05, 4.69) is 37.4 Å². The number of rotatable bonds is 6. The summed E-state index contributed by atoms with van der Waals surface area (Å²) >= 11 is 4.40. The van der Waals surface area contributed by atoms with Crippen LogP contribution in [0.4, 0.5) is 0 Å². The zero-order chi connectivity index (χ0) is 15.9. The highest BCUT2D eigenvalue weighted by Gasteiger charge is 2.41. The van der Waals surface area contributed by atoms with Crippen LogP contribution < -0.4 is 0 Å². The fourth-order valence-electron chi connectivity index (χ4n) is 5.77. The molecule has 2 atom stereocenters. The Bertz CT molecular complexity index is 345. The van der Waals surface area contributed by atoms with Crippen LogP contribution in [0.25, 0.3) is 0 Å². The van der Waals surface area contributed by atoms with Crippen LogP contribution in [0, 0.1) is 29.1 Å². The minimum absolute atomic E-state index is 0.610. The summed E-state index contributed by atoms with van der Waals surface area (Å²) in [6, 6.07) is 0. The Morgan fingerprint density at radius 3 is 1.30 bits per heavy atom. The van der Waals surface area contributed by atoms with Gasteiger partial charge in [0.15, 0.2) is 0 Å². The van der Waals surface area contributed by atoms with E-state index in [1.807, 2.05) is 0 Å². The molecule has 2 aliphatic carbocycles. The Balaban J connectivity index is 1.24. The van der Waals surface area contributed by atoms with Gasteiger partial charge in [0.05, 0.1) is 0 Å². The second kappa shape index (κ2) is 7.14. The summed E-state index contributed by atoms with van der Waals surface area (Å²) in [5.41, 5.74) is 0.610. The molecule has 4 fully saturated rings. The van der Waals surface area contributed by atoms with Crippen LogP contribution in [0.5, 0.6) is 0 Å². The average Bonchev–Trinajstić information content (AvgIpc) is 3.45. The molecule has 2 aliphatic heterocycles. The van der Waals surface area contributed by atoms with Crippen LogP contribution >= 0.6 is 23.5 Å². The van der Waals surface area contributed by atoms with Gasteiger partial charge in [0.2, 0.25) is 0 Å². The van der Waals surface area contributed by atoms with Crippen molar-refractivity contribution in [1.29, 1.82) is 0 Å². The van der Waals surface area contributed by atoms with Crippen molar-refractivity contribution in [1.82, 2.24) is 0 Å². The summed E-state index contributed by atoms with van der Waals surface area (Å²) in [6.45, 7) is 5.27. The molecule has 2 heterocycles. The van der Waals surface area contributed by atoms with Gasteiger partial charge in [-0.15, -0.1) is 0 Å². The molecule has 0 radical (unpaired) electrons. The van der Waals surface area contributed by atoms with Gasteiger partial charge in [-0.25, -0.2) is 0 Å². The number of hydrogen-bond donors (Lipinski definition) is 0. The molecule has 0 bridgehead atoms. The molecule has 4 rings (SSSR count). The highest BCUT2D eigenvalue weighted by atomic mass is 32.2. The van der Waals surface area contributed by atoms with Crippen molar-refractivity contribution in [2.24, 2.45) is 29.1 Å². The molecule has 2 saturated carbocycles. The highest BCUT2D eigenvalue weighted by Crippen LogP contribution is 2.52. The van der Waals surface area contributed by atoms with Gasteiger partial charge >= 0.3 is 0 Å².